The number of benzene rings is 2. The number of aryl methyl sites for hydroxylation is 1. The van der Waals surface area contributed by atoms with Crippen LogP contribution in [0.1, 0.15) is 47.9 Å². The van der Waals surface area contributed by atoms with Crippen molar-refractivity contribution >= 4 is 17.2 Å². The Kier molecular flexibility index (Phi) is 7.61. The fraction of sp³-hybridized carbons (Fsp3) is 0.367. The molecule has 0 saturated heterocycles. The molecule has 0 bridgehead atoms. The van der Waals surface area contributed by atoms with Gasteiger partial charge in [0.15, 0.2) is 0 Å². The second kappa shape index (κ2) is 11.0. The SMILES string of the molecule is COc1cc(CO)c(-c2cn3ccc(CC4CCC(NCc5cccc(C)c5)CC4)cc3n2)cc1Cl. The van der Waals surface area contributed by atoms with Gasteiger partial charge in [0.25, 0.3) is 0 Å². The Bertz CT molecular complexity index is 1340. The lowest BCUT2D eigenvalue weighted by Crippen LogP contribution is -2.33. The molecule has 2 aromatic heterocycles. The van der Waals surface area contributed by atoms with Gasteiger partial charge in [-0.15, -0.1) is 0 Å². The Balaban J connectivity index is 1.22. The molecule has 1 saturated carbocycles. The van der Waals surface area contributed by atoms with E-state index in [1.807, 2.05) is 16.7 Å². The van der Waals surface area contributed by atoms with Gasteiger partial charge in [-0.1, -0.05) is 41.4 Å². The van der Waals surface area contributed by atoms with Gasteiger partial charge in [0.05, 0.1) is 24.4 Å². The maximum atomic E-state index is 9.88. The van der Waals surface area contributed by atoms with Crippen molar-refractivity contribution in [3.63, 3.8) is 0 Å². The molecule has 0 amide bonds. The van der Waals surface area contributed by atoms with Crippen LogP contribution in [0.3, 0.4) is 0 Å². The van der Waals surface area contributed by atoms with Gasteiger partial charge in [0, 0.05) is 30.5 Å². The first-order chi connectivity index (χ1) is 17.5. The van der Waals surface area contributed by atoms with E-state index in [-0.39, 0.29) is 6.61 Å². The minimum atomic E-state index is -0.107. The highest BCUT2D eigenvalue weighted by Crippen LogP contribution is 2.34. The zero-order valence-corrected chi connectivity index (χ0v) is 21.8. The third-order valence-corrected chi connectivity index (χ3v) is 7.69. The first kappa shape index (κ1) is 24.8. The van der Waals surface area contributed by atoms with E-state index in [2.05, 4.69) is 54.8 Å². The molecule has 0 spiro atoms. The molecule has 36 heavy (non-hydrogen) atoms. The van der Waals surface area contributed by atoms with Crippen LogP contribution in [0.25, 0.3) is 16.9 Å². The van der Waals surface area contributed by atoms with Crippen molar-refractivity contribution in [1.82, 2.24) is 14.7 Å². The number of aromatic nitrogens is 2. The third-order valence-electron chi connectivity index (χ3n) is 7.40. The largest absolute Gasteiger partial charge is 0.495 e. The van der Waals surface area contributed by atoms with Gasteiger partial charge in [0.2, 0.25) is 0 Å². The second-order valence-corrected chi connectivity index (χ2v) is 10.4. The van der Waals surface area contributed by atoms with E-state index in [0.29, 0.717) is 22.7 Å². The van der Waals surface area contributed by atoms with E-state index in [4.69, 9.17) is 21.3 Å². The summed E-state index contributed by atoms with van der Waals surface area (Å²) in [6.45, 7) is 3.00. The van der Waals surface area contributed by atoms with E-state index in [0.717, 1.165) is 35.4 Å². The number of imidazole rings is 1. The monoisotopic (exact) mass is 503 g/mol. The summed E-state index contributed by atoms with van der Waals surface area (Å²) in [6.07, 6.45) is 10.1. The van der Waals surface area contributed by atoms with Gasteiger partial charge in [0.1, 0.15) is 11.4 Å². The molecule has 2 aromatic carbocycles. The molecule has 1 fully saturated rings. The third kappa shape index (κ3) is 5.59. The minimum Gasteiger partial charge on any atom is -0.495 e. The van der Waals surface area contributed by atoms with Crippen molar-refractivity contribution in [1.29, 1.82) is 0 Å². The van der Waals surface area contributed by atoms with Crippen LogP contribution in [0.4, 0.5) is 0 Å². The van der Waals surface area contributed by atoms with Crippen molar-refractivity contribution < 1.29 is 9.84 Å². The number of hydrogen-bond acceptors (Lipinski definition) is 4. The summed E-state index contributed by atoms with van der Waals surface area (Å²) in [5.41, 5.74) is 7.28. The number of hydrogen-bond donors (Lipinski definition) is 2. The first-order valence-electron chi connectivity index (χ1n) is 12.8. The lowest BCUT2D eigenvalue weighted by atomic mass is 9.82. The summed E-state index contributed by atoms with van der Waals surface area (Å²) in [4.78, 5) is 4.86. The molecular weight excluding hydrogens is 470 g/mol. The Labute approximate surface area is 218 Å². The fourth-order valence-electron chi connectivity index (χ4n) is 5.39. The van der Waals surface area contributed by atoms with E-state index >= 15 is 0 Å². The molecule has 2 N–H and O–H groups in total. The van der Waals surface area contributed by atoms with E-state index in [1.54, 1.807) is 13.2 Å². The Hall–Kier alpha value is -2.86. The van der Waals surface area contributed by atoms with Crippen LogP contribution in [-0.4, -0.2) is 27.6 Å². The van der Waals surface area contributed by atoms with E-state index < -0.39 is 0 Å². The lowest BCUT2D eigenvalue weighted by molar-refractivity contribution is 0.281. The summed E-state index contributed by atoms with van der Waals surface area (Å²) < 4.78 is 7.33. The first-order valence-corrected chi connectivity index (χ1v) is 13.1. The number of aliphatic hydroxyl groups is 1. The zero-order valence-electron chi connectivity index (χ0n) is 21.0. The molecule has 0 unspecified atom stereocenters. The average Bonchev–Trinajstić information content (AvgIpc) is 3.31. The van der Waals surface area contributed by atoms with Gasteiger partial charge >= 0.3 is 0 Å². The topological polar surface area (TPSA) is 58.8 Å². The van der Waals surface area contributed by atoms with Crippen LogP contribution in [0.15, 0.2) is 60.9 Å². The number of nitrogens with one attached hydrogen (secondary N) is 1. The molecule has 5 rings (SSSR count). The maximum absolute atomic E-state index is 9.88. The summed E-state index contributed by atoms with van der Waals surface area (Å²) in [5, 5.41) is 14.1. The van der Waals surface area contributed by atoms with Crippen molar-refractivity contribution in [2.45, 2.75) is 58.2 Å². The Morgan fingerprint density at radius 2 is 1.92 bits per heavy atom. The van der Waals surface area contributed by atoms with Crippen LogP contribution in [0, 0.1) is 12.8 Å². The molecule has 1 aliphatic carbocycles. The molecule has 0 atom stereocenters. The number of aliphatic hydroxyl groups excluding tert-OH is 1. The van der Waals surface area contributed by atoms with Crippen molar-refractivity contribution in [2.24, 2.45) is 5.92 Å². The fourth-order valence-corrected chi connectivity index (χ4v) is 5.63. The number of halogens is 1. The Morgan fingerprint density at radius 1 is 1.08 bits per heavy atom. The molecule has 0 aliphatic heterocycles. The normalized spacial score (nSPS) is 18.0. The van der Waals surface area contributed by atoms with Crippen LogP contribution in [0.5, 0.6) is 5.75 Å². The smallest absolute Gasteiger partial charge is 0.137 e. The predicted molar refractivity (Wildman–Crippen MR) is 146 cm³/mol. The van der Waals surface area contributed by atoms with E-state index in [9.17, 15) is 5.11 Å². The number of ether oxygens (including phenoxy) is 1. The zero-order chi connectivity index (χ0) is 25.1. The Morgan fingerprint density at radius 3 is 2.67 bits per heavy atom. The molecule has 4 aromatic rings. The molecule has 188 valence electrons. The van der Waals surface area contributed by atoms with Crippen LogP contribution in [-0.2, 0) is 19.6 Å². The van der Waals surface area contributed by atoms with Crippen molar-refractivity contribution in [3.8, 4) is 17.0 Å². The van der Waals surface area contributed by atoms with Crippen molar-refractivity contribution in [2.75, 3.05) is 7.11 Å². The number of rotatable bonds is 8. The number of pyridine rings is 1. The highest BCUT2D eigenvalue weighted by Gasteiger charge is 2.21. The molecule has 2 heterocycles. The highest BCUT2D eigenvalue weighted by atomic mass is 35.5. The lowest BCUT2D eigenvalue weighted by Gasteiger charge is -2.29. The minimum absolute atomic E-state index is 0.107. The predicted octanol–water partition coefficient (Wildman–Crippen LogP) is 6.36. The summed E-state index contributed by atoms with van der Waals surface area (Å²) in [7, 11) is 1.57. The van der Waals surface area contributed by atoms with Gasteiger partial charge in [-0.05, 0) is 85.9 Å². The average molecular weight is 504 g/mol. The second-order valence-electron chi connectivity index (χ2n) is 10.0. The standard InChI is InChI=1S/C30H34ClN3O2/c1-20-4-3-5-23(12-20)17-32-25-8-6-21(7-9-25)13-22-10-11-34-18-28(33-30(34)14-22)26-16-27(31)29(36-2)15-24(26)19-35/h3-5,10-12,14-16,18,21,25,32,35H,6-9,13,17,19H2,1-2H3. The van der Waals surface area contributed by atoms with Gasteiger partial charge in [-0.3, -0.25) is 0 Å². The van der Waals surface area contributed by atoms with Crippen LogP contribution >= 0.6 is 11.6 Å². The van der Waals surface area contributed by atoms with Gasteiger partial charge in [-0.2, -0.15) is 0 Å². The van der Waals surface area contributed by atoms with E-state index in [1.165, 1.54) is 42.4 Å². The van der Waals surface area contributed by atoms with Gasteiger partial charge < -0.3 is 19.6 Å². The quantitative estimate of drug-likeness (QED) is 0.294. The summed E-state index contributed by atoms with van der Waals surface area (Å²) >= 11 is 6.36. The molecular formula is C30H34ClN3O2. The number of fused-ring (bicyclic) bond motifs is 1. The maximum Gasteiger partial charge on any atom is 0.137 e. The summed E-state index contributed by atoms with van der Waals surface area (Å²) in [5.74, 6) is 1.26. The van der Waals surface area contributed by atoms with Gasteiger partial charge in [-0.25, -0.2) is 4.98 Å². The van der Waals surface area contributed by atoms with Crippen LogP contribution < -0.4 is 10.1 Å². The highest BCUT2D eigenvalue weighted by molar-refractivity contribution is 6.32. The molecule has 1 aliphatic rings. The number of nitrogens with zero attached hydrogens (tertiary/aromatic N) is 2. The number of methoxy groups -OCH3 is 1. The van der Waals surface area contributed by atoms with Crippen LogP contribution in [0.2, 0.25) is 5.02 Å². The molecule has 5 nitrogen and oxygen atoms in total. The summed E-state index contributed by atoms with van der Waals surface area (Å²) in [6, 6.07) is 17.4. The molecule has 6 heteroatoms. The molecule has 0 radical (unpaired) electrons. The van der Waals surface area contributed by atoms with Crippen molar-refractivity contribution in [3.05, 3.63) is 88.2 Å².